The number of halogens is 3. The topological polar surface area (TPSA) is 101 Å². The molecule has 214 valence electrons. The maximum absolute atomic E-state index is 13.0. The number of rotatable bonds is 9. The first-order valence-electron chi connectivity index (χ1n) is 13.2. The zero-order valence-corrected chi connectivity index (χ0v) is 23.0. The van der Waals surface area contributed by atoms with Crippen molar-refractivity contribution in [2.45, 2.75) is 55.8 Å². The van der Waals surface area contributed by atoms with Crippen LogP contribution in [-0.2, 0) is 22.6 Å². The summed E-state index contributed by atoms with van der Waals surface area (Å²) in [6, 6.07) is 16.8. The smallest absolute Gasteiger partial charge is 0.395 e. The van der Waals surface area contributed by atoms with Crippen LogP contribution >= 0.6 is 0 Å². The zero-order chi connectivity index (χ0) is 29.1. The summed E-state index contributed by atoms with van der Waals surface area (Å²) in [7, 11) is -3.39. The van der Waals surface area contributed by atoms with E-state index < -0.39 is 33.4 Å². The summed E-state index contributed by atoms with van der Waals surface area (Å²) in [5, 5.41) is 10.4. The number of aliphatic hydroxyl groups is 1. The number of amides is 1. The Kier molecular flexibility index (Phi) is 9.02. The second-order valence-corrected chi connectivity index (χ2v) is 12.4. The van der Waals surface area contributed by atoms with Crippen LogP contribution in [0.3, 0.4) is 0 Å². The van der Waals surface area contributed by atoms with Gasteiger partial charge in [-0.05, 0) is 72.0 Å². The molecule has 1 fully saturated rings. The fourth-order valence-corrected chi connectivity index (χ4v) is 6.23. The average molecular weight is 575 g/mol. The van der Waals surface area contributed by atoms with E-state index in [9.17, 15) is 31.5 Å². The number of nitrogens with zero attached hydrogens (tertiary/aromatic N) is 1. The number of likely N-dealkylation sites (tertiary alicyclic amines) is 1. The normalized spacial score (nSPS) is 17.5. The van der Waals surface area contributed by atoms with Crippen LogP contribution in [0.25, 0.3) is 0 Å². The highest BCUT2D eigenvalue weighted by atomic mass is 32.2. The first-order chi connectivity index (χ1) is 18.9. The molecule has 1 aliphatic heterocycles. The maximum atomic E-state index is 13.0. The fourth-order valence-electron chi connectivity index (χ4n) is 5.35. The lowest BCUT2D eigenvalue weighted by Crippen LogP contribution is -2.33. The number of hydrogen-bond donors (Lipinski definition) is 2. The quantitative estimate of drug-likeness (QED) is 0.354. The Bertz CT molecular complexity index is 1440. The standard InChI is InChI=1S/C30H33F3N2O4S/c1-2-40(38,39)24-13-8-21(9-14-24)27(19-36)26-17-22(10-15-25(26)29(34)37)28-5-3-4-16-35(28)18-20-6-11-23(12-7-20)30(31,32)33/h6-15,17,27-28,36H,2-5,16,18-19H2,1H3,(H2,34,37)/t27-,28?/m1/s1. The third kappa shape index (κ3) is 6.56. The Morgan fingerprint density at radius 2 is 1.73 bits per heavy atom. The van der Waals surface area contributed by atoms with Gasteiger partial charge in [0.2, 0.25) is 5.91 Å². The van der Waals surface area contributed by atoms with Crippen molar-refractivity contribution >= 4 is 15.7 Å². The molecule has 0 bridgehead atoms. The third-order valence-corrected chi connectivity index (χ3v) is 9.34. The lowest BCUT2D eigenvalue weighted by atomic mass is 9.85. The minimum Gasteiger partial charge on any atom is -0.395 e. The molecule has 0 radical (unpaired) electrons. The number of primary amides is 1. The van der Waals surface area contributed by atoms with E-state index in [1.165, 1.54) is 24.3 Å². The van der Waals surface area contributed by atoms with E-state index in [2.05, 4.69) is 4.90 Å². The second-order valence-electron chi connectivity index (χ2n) is 10.1. The predicted molar refractivity (Wildman–Crippen MR) is 147 cm³/mol. The molecule has 4 rings (SSSR count). The van der Waals surface area contributed by atoms with Gasteiger partial charge in [-0.3, -0.25) is 9.69 Å². The highest BCUT2D eigenvalue weighted by Crippen LogP contribution is 2.37. The highest BCUT2D eigenvalue weighted by Gasteiger charge is 2.31. The van der Waals surface area contributed by atoms with Crippen LogP contribution in [0.1, 0.15) is 76.3 Å². The highest BCUT2D eigenvalue weighted by molar-refractivity contribution is 7.91. The number of piperidine rings is 1. The van der Waals surface area contributed by atoms with Crippen molar-refractivity contribution in [3.8, 4) is 0 Å². The number of hydrogen-bond acceptors (Lipinski definition) is 5. The van der Waals surface area contributed by atoms with E-state index in [0.29, 0.717) is 17.7 Å². The van der Waals surface area contributed by atoms with Gasteiger partial charge in [-0.2, -0.15) is 13.2 Å². The van der Waals surface area contributed by atoms with E-state index in [0.717, 1.165) is 49.1 Å². The molecule has 10 heteroatoms. The average Bonchev–Trinajstić information content (AvgIpc) is 2.94. The lowest BCUT2D eigenvalue weighted by molar-refractivity contribution is -0.137. The summed E-state index contributed by atoms with van der Waals surface area (Å²) in [6.07, 6.45) is -1.64. The van der Waals surface area contributed by atoms with Gasteiger partial charge in [0.1, 0.15) is 0 Å². The van der Waals surface area contributed by atoms with Crippen LogP contribution in [0.15, 0.2) is 71.6 Å². The van der Waals surface area contributed by atoms with Crippen molar-refractivity contribution in [1.82, 2.24) is 4.90 Å². The zero-order valence-electron chi connectivity index (χ0n) is 22.2. The number of carbonyl (C=O) groups excluding carboxylic acids is 1. The molecule has 6 nitrogen and oxygen atoms in total. The van der Waals surface area contributed by atoms with Crippen LogP contribution in [0.2, 0.25) is 0 Å². The molecule has 3 aromatic carbocycles. The number of benzene rings is 3. The van der Waals surface area contributed by atoms with Gasteiger partial charge in [-0.15, -0.1) is 0 Å². The molecule has 2 atom stereocenters. The molecular formula is C30H33F3N2O4S. The van der Waals surface area contributed by atoms with Gasteiger partial charge in [0.15, 0.2) is 9.84 Å². The summed E-state index contributed by atoms with van der Waals surface area (Å²) < 4.78 is 63.5. The predicted octanol–water partition coefficient (Wildman–Crippen LogP) is 5.45. The SMILES string of the molecule is CCS(=O)(=O)c1ccc([C@@H](CO)c2cc(C3CCCCN3Cc3ccc(C(F)(F)F)cc3)ccc2C(N)=O)cc1. The van der Waals surface area contributed by atoms with E-state index >= 15 is 0 Å². The molecule has 3 aromatic rings. The summed E-state index contributed by atoms with van der Waals surface area (Å²) in [5.74, 6) is -1.29. The van der Waals surface area contributed by atoms with Crippen molar-refractivity contribution in [2.24, 2.45) is 5.73 Å². The van der Waals surface area contributed by atoms with Crippen LogP contribution < -0.4 is 5.73 Å². The molecule has 1 amide bonds. The van der Waals surface area contributed by atoms with Gasteiger partial charge in [0.05, 0.1) is 22.8 Å². The van der Waals surface area contributed by atoms with Crippen LogP contribution in [0, 0.1) is 0 Å². The van der Waals surface area contributed by atoms with Gasteiger partial charge < -0.3 is 10.8 Å². The molecular weight excluding hydrogens is 541 g/mol. The number of aliphatic hydroxyl groups excluding tert-OH is 1. The Labute approximate surface area is 232 Å². The largest absolute Gasteiger partial charge is 0.416 e. The van der Waals surface area contributed by atoms with Crippen molar-refractivity contribution in [1.29, 1.82) is 0 Å². The summed E-state index contributed by atoms with van der Waals surface area (Å²) in [5.41, 5.74) is 8.13. The van der Waals surface area contributed by atoms with E-state index in [1.807, 2.05) is 12.1 Å². The first-order valence-corrected chi connectivity index (χ1v) is 14.9. The summed E-state index contributed by atoms with van der Waals surface area (Å²) in [4.78, 5) is 14.8. The monoisotopic (exact) mass is 574 g/mol. The van der Waals surface area contributed by atoms with E-state index in [4.69, 9.17) is 5.73 Å². The molecule has 40 heavy (non-hydrogen) atoms. The van der Waals surface area contributed by atoms with Gasteiger partial charge in [-0.1, -0.05) is 49.7 Å². The van der Waals surface area contributed by atoms with Crippen molar-refractivity contribution in [3.05, 3.63) is 100 Å². The molecule has 1 saturated heterocycles. The van der Waals surface area contributed by atoms with Crippen molar-refractivity contribution < 1.29 is 31.5 Å². The van der Waals surface area contributed by atoms with Gasteiger partial charge in [0.25, 0.3) is 0 Å². The molecule has 0 spiro atoms. The van der Waals surface area contributed by atoms with E-state index in [1.54, 1.807) is 25.1 Å². The van der Waals surface area contributed by atoms with Crippen molar-refractivity contribution in [2.75, 3.05) is 18.9 Å². The minimum atomic E-state index is -4.39. The lowest BCUT2D eigenvalue weighted by Gasteiger charge is -2.36. The molecule has 0 aliphatic carbocycles. The van der Waals surface area contributed by atoms with E-state index in [-0.39, 0.29) is 28.9 Å². The fraction of sp³-hybridized carbons (Fsp3) is 0.367. The Morgan fingerprint density at radius 1 is 1.05 bits per heavy atom. The maximum Gasteiger partial charge on any atom is 0.416 e. The van der Waals surface area contributed by atoms with Crippen LogP contribution in [0.4, 0.5) is 13.2 Å². The summed E-state index contributed by atoms with van der Waals surface area (Å²) in [6.45, 7) is 2.46. The number of carbonyl (C=O) groups is 1. The minimum absolute atomic E-state index is 0.0337. The Hall–Kier alpha value is -3.21. The Morgan fingerprint density at radius 3 is 2.30 bits per heavy atom. The van der Waals surface area contributed by atoms with Gasteiger partial charge in [0, 0.05) is 24.1 Å². The molecule has 1 aliphatic rings. The third-order valence-electron chi connectivity index (χ3n) is 7.59. The number of alkyl halides is 3. The molecule has 1 unspecified atom stereocenters. The second kappa shape index (κ2) is 12.1. The van der Waals surface area contributed by atoms with Gasteiger partial charge in [-0.25, -0.2) is 8.42 Å². The molecule has 1 heterocycles. The van der Waals surface area contributed by atoms with Gasteiger partial charge >= 0.3 is 6.18 Å². The first kappa shape index (κ1) is 29.8. The van der Waals surface area contributed by atoms with Crippen molar-refractivity contribution in [3.63, 3.8) is 0 Å². The molecule has 0 aromatic heterocycles. The number of nitrogens with two attached hydrogens (primary N) is 1. The van der Waals surface area contributed by atoms with Crippen LogP contribution in [-0.4, -0.2) is 43.2 Å². The molecule has 0 saturated carbocycles. The van der Waals surface area contributed by atoms with Crippen LogP contribution in [0.5, 0.6) is 0 Å². The molecule has 3 N–H and O–H groups in total. The number of sulfone groups is 1. The Balaban J connectivity index is 1.67. The summed E-state index contributed by atoms with van der Waals surface area (Å²) >= 11 is 0.